The predicted octanol–water partition coefficient (Wildman–Crippen LogP) is 3.42. The predicted molar refractivity (Wildman–Crippen MR) is 82.6 cm³/mol. The molecule has 0 spiro atoms. The minimum atomic E-state index is -3.57. The molecule has 0 aliphatic heterocycles. The molecular formula is C14H19N3O3S2. The fourth-order valence-corrected chi connectivity index (χ4v) is 5.40. The summed E-state index contributed by atoms with van der Waals surface area (Å²) in [5.41, 5.74) is 0.916. The fraction of sp³-hybridized carbons (Fsp3) is 0.643. The Kier molecular flexibility index (Phi) is 4.31. The maximum atomic E-state index is 12.7. The van der Waals surface area contributed by atoms with Crippen LogP contribution in [0.1, 0.15) is 67.6 Å². The topological polar surface area (TPSA) is 86.0 Å². The normalized spacial score (nSPS) is 18.5. The zero-order valence-corrected chi connectivity index (χ0v) is 14.3. The number of aryl methyl sites for hydroxylation is 1. The van der Waals surface area contributed by atoms with Crippen LogP contribution < -0.4 is 0 Å². The molecule has 0 saturated heterocycles. The lowest BCUT2D eigenvalue weighted by Gasteiger charge is -2.19. The van der Waals surface area contributed by atoms with Crippen LogP contribution in [0.4, 0.5) is 0 Å². The van der Waals surface area contributed by atoms with Gasteiger partial charge in [0, 0.05) is 18.2 Å². The van der Waals surface area contributed by atoms with E-state index in [9.17, 15) is 8.42 Å². The molecule has 120 valence electrons. The molecule has 6 nitrogen and oxygen atoms in total. The van der Waals surface area contributed by atoms with Crippen LogP contribution in [-0.2, 0) is 9.84 Å². The zero-order valence-electron chi connectivity index (χ0n) is 12.7. The first kappa shape index (κ1) is 15.6. The quantitative estimate of drug-likeness (QED) is 0.847. The van der Waals surface area contributed by atoms with Gasteiger partial charge in [-0.1, -0.05) is 24.4 Å². The molecule has 0 N–H and O–H groups in total. The van der Waals surface area contributed by atoms with Gasteiger partial charge in [-0.2, -0.15) is 4.98 Å². The Labute approximate surface area is 133 Å². The molecule has 1 unspecified atom stereocenters. The van der Waals surface area contributed by atoms with E-state index in [1.54, 1.807) is 13.8 Å². The van der Waals surface area contributed by atoms with Gasteiger partial charge >= 0.3 is 0 Å². The largest absolute Gasteiger partial charge is 0.340 e. The Balaban J connectivity index is 1.84. The van der Waals surface area contributed by atoms with Gasteiger partial charge in [0.15, 0.2) is 5.82 Å². The van der Waals surface area contributed by atoms with Gasteiger partial charge in [-0.25, -0.2) is 13.4 Å². The van der Waals surface area contributed by atoms with E-state index in [0.29, 0.717) is 11.8 Å². The SMILES string of the molecule is Cc1nc(C(C)S(=O)(=O)c2nc(C3CCCCC3)cs2)no1. The molecule has 2 aromatic rings. The van der Waals surface area contributed by atoms with Crippen LogP contribution in [0.2, 0.25) is 0 Å². The van der Waals surface area contributed by atoms with Gasteiger partial charge in [0.2, 0.25) is 20.1 Å². The zero-order chi connectivity index (χ0) is 15.7. The number of hydrogen-bond acceptors (Lipinski definition) is 7. The summed E-state index contributed by atoms with van der Waals surface area (Å²) in [6, 6.07) is 0. The molecular weight excluding hydrogens is 322 g/mol. The van der Waals surface area contributed by atoms with E-state index in [4.69, 9.17) is 4.52 Å². The Hall–Kier alpha value is -1.28. The van der Waals surface area contributed by atoms with Gasteiger partial charge in [-0.05, 0) is 19.8 Å². The molecule has 0 radical (unpaired) electrons. The summed E-state index contributed by atoms with van der Waals surface area (Å²) in [6.45, 7) is 3.21. The van der Waals surface area contributed by atoms with Crippen LogP contribution in [-0.4, -0.2) is 23.5 Å². The maximum absolute atomic E-state index is 12.7. The third-order valence-corrected chi connectivity index (χ3v) is 7.50. The van der Waals surface area contributed by atoms with Crippen molar-refractivity contribution in [1.29, 1.82) is 0 Å². The van der Waals surface area contributed by atoms with Crippen molar-refractivity contribution in [2.75, 3.05) is 0 Å². The third-order valence-electron chi connectivity index (χ3n) is 4.14. The van der Waals surface area contributed by atoms with Crippen molar-refractivity contribution in [1.82, 2.24) is 15.1 Å². The van der Waals surface area contributed by atoms with E-state index < -0.39 is 15.1 Å². The summed E-state index contributed by atoms with van der Waals surface area (Å²) in [6.07, 6.45) is 5.86. The van der Waals surface area contributed by atoms with E-state index in [1.807, 2.05) is 5.38 Å². The summed E-state index contributed by atoms with van der Waals surface area (Å²) in [5, 5.41) is 4.75. The van der Waals surface area contributed by atoms with Crippen LogP contribution in [0.3, 0.4) is 0 Å². The lowest BCUT2D eigenvalue weighted by atomic mass is 9.87. The van der Waals surface area contributed by atoms with E-state index in [1.165, 1.54) is 30.6 Å². The molecule has 8 heteroatoms. The second-order valence-corrected chi connectivity index (χ2v) is 9.03. The van der Waals surface area contributed by atoms with Crippen molar-refractivity contribution in [3.8, 4) is 0 Å². The van der Waals surface area contributed by atoms with E-state index in [0.717, 1.165) is 18.5 Å². The van der Waals surface area contributed by atoms with E-state index in [-0.39, 0.29) is 10.2 Å². The smallest absolute Gasteiger partial charge is 0.223 e. The number of hydrogen-bond donors (Lipinski definition) is 0. The molecule has 22 heavy (non-hydrogen) atoms. The summed E-state index contributed by atoms with van der Waals surface area (Å²) in [7, 11) is -3.57. The average molecular weight is 341 g/mol. The lowest BCUT2D eigenvalue weighted by molar-refractivity contribution is 0.387. The van der Waals surface area contributed by atoms with E-state index in [2.05, 4.69) is 15.1 Å². The summed E-state index contributed by atoms with van der Waals surface area (Å²) < 4.78 is 30.4. The molecule has 2 aromatic heterocycles. The third kappa shape index (κ3) is 2.94. The molecule has 0 amide bonds. The van der Waals surface area contributed by atoms with E-state index >= 15 is 0 Å². The van der Waals surface area contributed by atoms with Crippen molar-refractivity contribution in [2.24, 2.45) is 0 Å². The second kappa shape index (κ2) is 6.08. The molecule has 0 aromatic carbocycles. The standard InChI is InChI=1S/C14H19N3O3S2/c1-9(13-15-10(2)20-17-13)22(18,19)14-16-12(8-21-14)11-6-4-3-5-7-11/h8-9,11H,3-7H2,1-2H3. The molecule has 3 rings (SSSR count). The first-order valence-corrected chi connectivity index (χ1v) is 9.90. The first-order valence-electron chi connectivity index (χ1n) is 7.48. The summed E-state index contributed by atoms with van der Waals surface area (Å²) in [5.74, 6) is 0.947. The summed E-state index contributed by atoms with van der Waals surface area (Å²) >= 11 is 1.19. The molecule has 1 fully saturated rings. The van der Waals surface area contributed by atoms with Crippen LogP contribution in [0.5, 0.6) is 0 Å². The number of aromatic nitrogens is 3. The highest BCUT2D eigenvalue weighted by Gasteiger charge is 2.32. The van der Waals surface area contributed by atoms with Gasteiger partial charge in [-0.3, -0.25) is 0 Å². The Morgan fingerprint density at radius 3 is 2.64 bits per heavy atom. The van der Waals surface area contributed by atoms with Crippen molar-refractivity contribution in [2.45, 2.75) is 61.5 Å². The van der Waals surface area contributed by atoms with Gasteiger partial charge in [-0.15, -0.1) is 11.3 Å². The van der Waals surface area contributed by atoms with Gasteiger partial charge < -0.3 is 4.52 Å². The molecule has 0 bridgehead atoms. The number of rotatable bonds is 4. The van der Waals surface area contributed by atoms with Crippen LogP contribution in [0.15, 0.2) is 14.2 Å². The second-order valence-electron chi connectivity index (χ2n) is 5.73. The Morgan fingerprint density at radius 2 is 2.00 bits per heavy atom. The monoisotopic (exact) mass is 341 g/mol. The van der Waals surface area contributed by atoms with Crippen molar-refractivity contribution >= 4 is 21.2 Å². The molecule has 1 aliphatic rings. The Bertz CT molecular complexity index is 745. The molecule has 1 saturated carbocycles. The lowest BCUT2D eigenvalue weighted by Crippen LogP contribution is -2.12. The first-order chi connectivity index (χ1) is 10.5. The van der Waals surface area contributed by atoms with Crippen molar-refractivity contribution in [3.05, 3.63) is 22.8 Å². The minimum absolute atomic E-state index is 0.156. The fourth-order valence-electron chi connectivity index (χ4n) is 2.76. The van der Waals surface area contributed by atoms with Gasteiger partial charge in [0.05, 0.1) is 5.69 Å². The minimum Gasteiger partial charge on any atom is -0.340 e. The maximum Gasteiger partial charge on any atom is 0.223 e. The number of thiazole rings is 1. The molecule has 1 atom stereocenters. The van der Waals surface area contributed by atoms with Crippen molar-refractivity contribution in [3.63, 3.8) is 0 Å². The Morgan fingerprint density at radius 1 is 1.27 bits per heavy atom. The highest BCUT2D eigenvalue weighted by Crippen LogP contribution is 2.35. The van der Waals surface area contributed by atoms with Crippen LogP contribution >= 0.6 is 11.3 Å². The molecule has 1 aliphatic carbocycles. The van der Waals surface area contributed by atoms with Crippen LogP contribution in [0.25, 0.3) is 0 Å². The van der Waals surface area contributed by atoms with Gasteiger partial charge in [0.25, 0.3) is 0 Å². The average Bonchev–Trinajstić information content (AvgIpc) is 3.16. The highest BCUT2D eigenvalue weighted by molar-refractivity contribution is 7.93. The van der Waals surface area contributed by atoms with Gasteiger partial charge in [0.1, 0.15) is 5.25 Å². The summed E-state index contributed by atoms with van der Waals surface area (Å²) in [4.78, 5) is 8.42. The highest BCUT2D eigenvalue weighted by atomic mass is 32.2. The van der Waals surface area contributed by atoms with Crippen LogP contribution in [0, 0.1) is 6.92 Å². The van der Waals surface area contributed by atoms with Crippen molar-refractivity contribution < 1.29 is 12.9 Å². The molecule has 2 heterocycles. The number of sulfone groups is 1. The number of nitrogens with zero attached hydrogens (tertiary/aromatic N) is 3.